The van der Waals surface area contributed by atoms with Crippen LogP contribution in [0.5, 0.6) is 0 Å². The Kier molecular flexibility index (Phi) is 3.84. The van der Waals surface area contributed by atoms with Crippen LogP contribution in [-0.2, 0) is 7.05 Å². The van der Waals surface area contributed by atoms with Crippen LogP contribution in [0.25, 0.3) is 0 Å². The van der Waals surface area contributed by atoms with E-state index in [-0.39, 0.29) is 0 Å². The molecule has 4 heteroatoms. The molecule has 0 aromatic carbocycles. The second-order valence-corrected chi connectivity index (χ2v) is 5.24. The van der Waals surface area contributed by atoms with E-state index in [2.05, 4.69) is 30.0 Å². The van der Waals surface area contributed by atoms with Crippen LogP contribution in [0.15, 0.2) is 12.4 Å². The van der Waals surface area contributed by atoms with Crippen molar-refractivity contribution in [2.75, 3.05) is 13.1 Å². The number of hydrogen-bond acceptors (Lipinski definition) is 3. The molecule has 1 aromatic heterocycles. The molecule has 1 saturated heterocycles. The molecule has 1 aliphatic heterocycles. The molecule has 0 saturated carbocycles. The van der Waals surface area contributed by atoms with E-state index in [1.165, 1.54) is 12.0 Å². The van der Waals surface area contributed by atoms with Crippen molar-refractivity contribution in [3.8, 4) is 0 Å². The van der Waals surface area contributed by atoms with Gasteiger partial charge in [-0.05, 0) is 19.3 Å². The third-order valence-electron chi connectivity index (χ3n) is 4.10. The third kappa shape index (κ3) is 2.69. The molecule has 2 N–H and O–H groups in total. The highest BCUT2D eigenvalue weighted by molar-refractivity contribution is 5.10. The topological polar surface area (TPSA) is 47.1 Å². The zero-order chi connectivity index (χ0) is 12.4. The Morgan fingerprint density at radius 3 is 2.94 bits per heavy atom. The van der Waals surface area contributed by atoms with Crippen molar-refractivity contribution in [1.82, 2.24) is 14.7 Å². The van der Waals surface area contributed by atoms with E-state index in [0.29, 0.717) is 18.0 Å². The number of nitrogens with zero attached hydrogens (tertiary/aromatic N) is 3. The van der Waals surface area contributed by atoms with E-state index in [1.54, 1.807) is 0 Å². The van der Waals surface area contributed by atoms with Crippen LogP contribution in [-0.4, -0.2) is 33.8 Å². The van der Waals surface area contributed by atoms with Gasteiger partial charge in [-0.3, -0.25) is 9.58 Å². The number of aromatic nitrogens is 2. The lowest BCUT2D eigenvalue weighted by atomic mass is 9.89. The molecular weight excluding hydrogens is 212 g/mol. The van der Waals surface area contributed by atoms with E-state index in [9.17, 15) is 0 Å². The lowest BCUT2D eigenvalue weighted by Crippen LogP contribution is -2.47. The highest BCUT2D eigenvalue weighted by Crippen LogP contribution is 2.27. The zero-order valence-corrected chi connectivity index (χ0v) is 11.1. The number of nitrogens with two attached hydrogens (primary N) is 1. The summed E-state index contributed by atoms with van der Waals surface area (Å²) in [5, 5.41) is 4.25. The molecule has 1 aliphatic rings. The normalized spacial score (nSPS) is 28.2. The second-order valence-electron chi connectivity index (χ2n) is 5.24. The van der Waals surface area contributed by atoms with Gasteiger partial charge in [-0.15, -0.1) is 0 Å². The average molecular weight is 236 g/mol. The van der Waals surface area contributed by atoms with Crippen LogP contribution < -0.4 is 5.73 Å². The summed E-state index contributed by atoms with van der Waals surface area (Å²) in [4.78, 5) is 2.54. The van der Waals surface area contributed by atoms with Crippen molar-refractivity contribution in [2.45, 2.75) is 38.8 Å². The van der Waals surface area contributed by atoms with Crippen molar-refractivity contribution in [3.63, 3.8) is 0 Å². The first kappa shape index (κ1) is 12.6. The number of aryl methyl sites for hydroxylation is 1. The molecule has 0 bridgehead atoms. The standard InChI is InChI=1S/C13H24N4/c1-4-11-9-17(6-5-13(11)14)10(2)12-7-15-16(3)8-12/h7-8,10-11,13H,4-6,9,14H2,1-3H3. The second kappa shape index (κ2) is 5.19. The Labute approximate surface area is 104 Å². The molecule has 2 rings (SSSR count). The summed E-state index contributed by atoms with van der Waals surface area (Å²) in [6.45, 7) is 6.73. The molecule has 4 nitrogen and oxygen atoms in total. The molecule has 3 unspecified atom stereocenters. The summed E-state index contributed by atoms with van der Waals surface area (Å²) in [6.07, 6.45) is 6.38. The van der Waals surface area contributed by atoms with Gasteiger partial charge in [-0.25, -0.2) is 0 Å². The van der Waals surface area contributed by atoms with Gasteiger partial charge in [0, 0.05) is 44.0 Å². The predicted molar refractivity (Wildman–Crippen MR) is 69.6 cm³/mol. The van der Waals surface area contributed by atoms with Gasteiger partial charge in [0.1, 0.15) is 0 Å². The molecule has 0 spiro atoms. The Morgan fingerprint density at radius 2 is 2.35 bits per heavy atom. The maximum Gasteiger partial charge on any atom is 0.0537 e. The maximum absolute atomic E-state index is 6.15. The summed E-state index contributed by atoms with van der Waals surface area (Å²) in [5.41, 5.74) is 7.46. The van der Waals surface area contributed by atoms with E-state index in [0.717, 1.165) is 19.5 Å². The summed E-state index contributed by atoms with van der Waals surface area (Å²) in [5.74, 6) is 0.642. The molecule has 1 fully saturated rings. The summed E-state index contributed by atoms with van der Waals surface area (Å²) >= 11 is 0. The average Bonchev–Trinajstić information content (AvgIpc) is 2.75. The van der Waals surface area contributed by atoms with E-state index >= 15 is 0 Å². The van der Waals surface area contributed by atoms with Gasteiger partial charge in [-0.1, -0.05) is 13.3 Å². The minimum Gasteiger partial charge on any atom is -0.327 e. The monoisotopic (exact) mass is 236 g/mol. The Balaban J connectivity index is 2.03. The first-order valence-corrected chi connectivity index (χ1v) is 6.60. The minimum atomic E-state index is 0.386. The number of likely N-dealkylation sites (tertiary alicyclic amines) is 1. The fraction of sp³-hybridized carbons (Fsp3) is 0.769. The molecule has 96 valence electrons. The predicted octanol–water partition coefficient (Wildman–Crippen LogP) is 1.54. The van der Waals surface area contributed by atoms with Gasteiger partial charge in [-0.2, -0.15) is 5.10 Å². The van der Waals surface area contributed by atoms with Gasteiger partial charge < -0.3 is 5.73 Å². The molecule has 3 atom stereocenters. The van der Waals surface area contributed by atoms with Crippen molar-refractivity contribution in [2.24, 2.45) is 18.7 Å². The van der Waals surface area contributed by atoms with Crippen LogP contribution in [0.2, 0.25) is 0 Å². The first-order chi connectivity index (χ1) is 8.11. The van der Waals surface area contributed by atoms with Crippen molar-refractivity contribution in [1.29, 1.82) is 0 Å². The van der Waals surface area contributed by atoms with Crippen LogP contribution in [0.1, 0.15) is 38.3 Å². The molecule has 0 radical (unpaired) electrons. The fourth-order valence-corrected chi connectivity index (χ4v) is 2.73. The largest absolute Gasteiger partial charge is 0.327 e. The van der Waals surface area contributed by atoms with Crippen molar-refractivity contribution in [3.05, 3.63) is 18.0 Å². The Bertz CT molecular complexity index is 360. The Morgan fingerprint density at radius 1 is 1.59 bits per heavy atom. The highest BCUT2D eigenvalue weighted by atomic mass is 15.2. The van der Waals surface area contributed by atoms with Crippen molar-refractivity contribution >= 4 is 0 Å². The maximum atomic E-state index is 6.15. The lowest BCUT2D eigenvalue weighted by molar-refractivity contribution is 0.114. The Hall–Kier alpha value is -0.870. The van der Waals surface area contributed by atoms with Gasteiger partial charge in [0.2, 0.25) is 0 Å². The molecule has 17 heavy (non-hydrogen) atoms. The SMILES string of the molecule is CCC1CN(C(C)c2cnn(C)c2)CCC1N. The van der Waals surface area contributed by atoms with Gasteiger partial charge in [0.25, 0.3) is 0 Å². The summed E-state index contributed by atoms with van der Waals surface area (Å²) in [6, 6.07) is 0.836. The zero-order valence-electron chi connectivity index (χ0n) is 11.1. The highest BCUT2D eigenvalue weighted by Gasteiger charge is 2.28. The summed E-state index contributed by atoms with van der Waals surface area (Å²) < 4.78 is 1.87. The number of rotatable bonds is 3. The van der Waals surface area contributed by atoms with E-state index in [4.69, 9.17) is 5.73 Å². The van der Waals surface area contributed by atoms with E-state index in [1.807, 2.05) is 17.9 Å². The molecular formula is C13H24N4. The molecule has 0 amide bonds. The first-order valence-electron chi connectivity index (χ1n) is 6.60. The van der Waals surface area contributed by atoms with Gasteiger partial charge in [0.05, 0.1) is 6.20 Å². The minimum absolute atomic E-state index is 0.386. The van der Waals surface area contributed by atoms with E-state index < -0.39 is 0 Å². The molecule has 0 aliphatic carbocycles. The molecule has 2 heterocycles. The third-order valence-corrected chi connectivity index (χ3v) is 4.10. The smallest absolute Gasteiger partial charge is 0.0537 e. The number of hydrogen-bond donors (Lipinski definition) is 1. The van der Waals surface area contributed by atoms with Crippen LogP contribution >= 0.6 is 0 Å². The fourth-order valence-electron chi connectivity index (χ4n) is 2.73. The van der Waals surface area contributed by atoms with Crippen LogP contribution in [0, 0.1) is 5.92 Å². The lowest BCUT2D eigenvalue weighted by Gasteiger charge is -2.39. The summed E-state index contributed by atoms with van der Waals surface area (Å²) in [7, 11) is 1.97. The quantitative estimate of drug-likeness (QED) is 0.866. The molecule has 1 aromatic rings. The van der Waals surface area contributed by atoms with Gasteiger partial charge >= 0.3 is 0 Å². The van der Waals surface area contributed by atoms with Crippen LogP contribution in [0.3, 0.4) is 0 Å². The number of piperidine rings is 1. The van der Waals surface area contributed by atoms with Crippen molar-refractivity contribution < 1.29 is 0 Å². The van der Waals surface area contributed by atoms with Crippen LogP contribution in [0.4, 0.5) is 0 Å². The van der Waals surface area contributed by atoms with Gasteiger partial charge in [0.15, 0.2) is 0 Å².